The van der Waals surface area contributed by atoms with Crippen molar-refractivity contribution in [2.45, 2.75) is 11.1 Å². The number of hydrogen-bond acceptors (Lipinski definition) is 4. The van der Waals surface area contributed by atoms with Crippen molar-refractivity contribution in [2.75, 3.05) is 23.3 Å². The number of nitrogens with one attached hydrogen (secondary N) is 1. The minimum Gasteiger partial charge on any atom is -0.495 e. The third-order valence-corrected chi connectivity index (χ3v) is 6.60. The minimum absolute atomic E-state index is 0.178. The Bertz CT molecular complexity index is 1250. The summed E-state index contributed by atoms with van der Waals surface area (Å²) in [4.78, 5) is 12.5. The highest BCUT2D eigenvalue weighted by Gasteiger charge is 2.33. The molecule has 0 aliphatic heterocycles. The topological polar surface area (TPSA) is 75.7 Å². The molecule has 6 nitrogen and oxygen atoms in total. The van der Waals surface area contributed by atoms with Gasteiger partial charge in [0, 0.05) is 5.69 Å². The van der Waals surface area contributed by atoms with Gasteiger partial charge in [0.05, 0.1) is 28.3 Å². The summed E-state index contributed by atoms with van der Waals surface area (Å²) < 4.78 is 71.8. The summed E-state index contributed by atoms with van der Waals surface area (Å²) in [5, 5.41) is 2.71. The van der Waals surface area contributed by atoms with Gasteiger partial charge in [-0.15, -0.1) is 0 Å². The van der Waals surface area contributed by atoms with Gasteiger partial charge in [0.15, 0.2) is 0 Å². The Morgan fingerprint density at radius 1 is 1.03 bits per heavy atom. The summed E-state index contributed by atoms with van der Waals surface area (Å²) in [6.45, 7) is -0.776. The predicted octanol–water partition coefficient (Wildman–Crippen LogP) is 5.20. The van der Waals surface area contributed by atoms with Crippen molar-refractivity contribution in [2.24, 2.45) is 0 Å². The fourth-order valence-corrected chi connectivity index (χ4v) is 4.64. The molecule has 0 fully saturated rings. The van der Waals surface area contributed by atoms with Gasteiger partial charge in [0.1, 0.15) is 12.3 Å². The summed E-state index contributed by atoms with van der Waals surface area (Å²) in [6.07, 6.45) is -4.69. The van der Waals surface area contributed by atoms with Crippen molar-refractivity contribution in [1.82, 2.24) is 0 Å². The second-order valence-electron chi connectivity index (χ2n) is 6.77. The number of amides is 1. The Morgan fingerprint density at radius 3 is 2.33 bits per heavy atom. The molecule has 0 saturated carbocycles. The number of anilines is 2. The van der Waals surface area contributed by atoms with Crippen LogP contribution in [0.3, 0.4) is 0 Å². The number of halogens is 4. The third-order valence-electron chi connectivity index (χ3n) is 4.52. The van der Waals surface area contributed by atoms with Gasteiger partial charge in [-0.3, -0.25) is 9.10 Å². The molecule has 33 heavy (non-hydrogen) atoms. The SMILES string of the molecule is COc1ccc(NC(=O)CN(c2cccc(C(F)(F)F)c2)S(=O)(=O)c2ccccc2)cc1Cl. The smallest absolute Gasteiger partial charge is 0.416 e. The third kappa shape index (κ3) is 5.77. The monoisotopic (exact) mass is 498 g/mol. The lowest BCUT2D eigenvalue weighted by molar-refractivity contribution is -0.137. The van der Waals surface area contributed by atoms with Crippen LogP contribution in [0.4, 0.5) is 24.5 Å². The van der Waals surface area contributed by atoms with Crippen molar-refractivity contribution in [1.29, 1.82) is 0 Å². The van der Waals surface area contributed by atoms with Crippen LogP contribution >= 0.6 is 11.6 Å². The highest BCUT2D eigenvalue weighted by molar-refractivity contribution is 7.92. The van der Waals surface area contributed by atoms with Crippen LogP contribution in [0.5, 0.6) is 5.75 Å². The molecule has 1 N–H and O–H groups in total. The molecule has 0 saturated heterocycles. The Balaban J connectivity index is 1.97. The van der Waals surface area contributed by atoms with Crippen LogP contribution in [0.2, 0.25) is 5.02 Å². The van der Waals surface area contributed by atoms with Crippen LogP contribution in [-0.2, 0) is 21.0 Å². The predicted molar refractivity (Wildman–Crippen MR) is 119 cm³/mol. The van der Waals surface area contributed by atoms with Crippen LogP contribution in [0, 0.1) is 0 Å². The van der Waals surface area contributed by atoms with Gasteiger partial charge in [-0.05, 0) is 48.5 Å². The van der Waals surface area contributed by atoms with Gasteiger partial charge >= 0.3 is 6.18 Å². The minimum atomic E-state index is -4.69. The second-order valence-corrected chi connectivity index (χ2v) is 9.04. The first kappa shape index (κ1) is 24.4. The van der Waals surface area contributed by atoms with Crippen molar-refractivity contribution in [3.8, 4) is 5.75 Å². The van der Waals surface area contributed by atoms with Gasteiger partial charge in [-0.1, -0.05) is 35.9 Å². The molecule has 3 aromatic carbocycles. The molecule has 0 bridgehead atoms. The first-order chi connectivity index (χ1) is 15.5. The molecule has 11 heteroatoms. The normalized spacial score (nSPS) is 11.7. The maximum Gasteiger partial charge on any atom is 0.416 e. The lowest BCUT2D eigenvalue weighted by atomic mass is 10.2. The quantitative estimate of drug-likeness (QED) is 0.486. The average Bonchev–Trinajstić information content (AvgIpc) is 2.77. The maximum atomic E-state index is 13.2. The van der Waals surface area contributed by atoms with Crippen LogP contribution in [0.1, 0.15) is 5.56 Å². The second kappa shape index (κ2) is 9.72. The Hall–Kier alpha value is -3.24. The van der Waals surface area contributed by atoms with E-state index in [0.29, 0.717) is 16.1 Å². The zero-order valence-electron chi connectivity index (χ0n) is 17.1. The molecule has 0 unspecified atom stereocenters. The summed E-state index contributed by atoms with van der Waals surface area (Å²) in [5.41, 5.74) is -1.10. The van der Waals surface area contributed by atoms with Crippen molar-refractivity contribution < 1.29 is 31.1 Å². The van der Waals surface area contributed by atoms with Crippen molar-refractivity contribution in [3.63, 3.8) is 0 Å². The number of nitrogens with zero attached hydrogens (tertiary/aromatic N) is 1. The van der Waals surface area contributed by atoms with Gasteiger partial charge in [-0.25, -0.2) is 8.42 Å². The van der Waals surface area contributed by atoms with Crippen LogP contribution in [0.15, 0.2) is 77.7 Å². The van der Waals surface area contributed by atoms with E-state index in [1.54, 1.807) is 6.07 Å². The number of rotatable bonds is 7. The fourth-order valence-electron chi connectivity index (χ4n) is 2.95. The molecule has 1 amide bonds. The molecule has 0 spiro atoms. The zero-order chi connectivity index (χ0) is 24.2. The van der Waals surface area contributed by atoms with Crippen LogP contribution < -0.4 is 14.4 Å². The lowest BCUT2D eigenvalue weighted by Gasteiger charge is -2.25. The van der Waals surface area contributed by atoms with E-state index in [1.807, 2.05) is 0 Å². The molecule has 0 aliphatic rings. The summed E-state index contributed by atoms with van der Waals surface area (Å²) in [5.74, 6) is -0.417. The molecule has 0 aromatic heterocycles. The largest absolute Gasteiger partial charge is 0.495 e. The maximum absolute atomic E-state index is 13.2. The Kier molecular flexibility index (Phi) is 7.19. The molecule has 0 atom stereocenters. The fraction of sp³-hybridized carbons (Fsp3) is 0.136. The molecule has 3 rings (SSSR count). The molecule has 174 valence electrons. The molecule has 0 radical (unpaired) electrons. The molecular formula is C22H18ClF3N2O4S. The van der Waals surface area contributed by atoms with Crippen molar-refractivity contribution >= 4 is 38.9 Å². The van der Waals surface area contributed by atoms with Crippen LogP contribution in [-0.4, -0.2) is 28.0 Å². The van der Waals surface area contributed by atoms with E-state index in [2.05, 4.69) is 5.32 Å². The number of sulfonamides is 1. The standard InChI is InChI=1S/C22H18ClF3N2O4S/c1-32-20-11-10-16(13-19(20)23)27-21(29)14-28(33(30,31)18-8-3-2-4-9-18)17-7-5-6-15(12-17)22(24,25)26/h2-13H,14H2,1H3,(H,27,29). The highest BCUT2D eigenvalue weighted by Crippen LogP contribution is 2.33. The number of hydrogen-bond donors (Lipinski definition) is 1. The van der Waals surface area contributed by atoms with Gasteiger partial charge in [0.25, 0.3) is 10.0 Å². The zero-order valence-corrected chi connectivity index (χ0v) is 18.7. The average molecular weight is 499 g/mol. The number of carbonyl (C=O) groups is 1. The van der Waals surface area contributed by atoms with E-state index in [1.165, 1.54) is 55.6 Å². The van der Waals surface area contributed by atoms with E-state index in [4.69, 9.17) is 16.3 Å². The molecule has 3 aromatic rings. The summed E-state index contributed by atoms with van der Waals surface area (Å²) in [7, 11) is -2.95. The molecular weight excluding hydrogens is 481 g/mol. The van der Waals surface area contributed by atoms with Gasteiger partial charge in [-0.2, -0.15) is 13.2 Å². The molecule has 0 heterocycles. The first-order valence-electron chi connectivity index (χ1n) is 9.41. The highest BCUT2D eigenvalue weighted by atomic mass is 35.5. The number of benzene rings is 3. The number of alkyl halides is 3. The van der Waals surface area contributed by atoms with Crippen molar-refractivity contribution in [3.05, 3.63) is 83.4 Å². The van der Waals surface area contributed by atoms with E-state index in [-0.39, 0.29) is 21.3 Å². The lowest BCUT2D eigenvalue weighted by Crippen LogP contribution is -2.38. The summed E-state index contributed by atoms with van der Waals surface area (Å²) >= 11 is 6.04. The van der Waals surface area contributed by atoms with Gasteiger partial charge < -0.3 is 10.1 Å². The van der Waals surface area contributed by atoms with E-state index in [9.17, 15) is 26.4 Å². The Morgan fingerprint density at radius 2 is 1.73 bits per heavy atom. The van der Waals surface area contributed by atoms with E-state index >= 15 is 0 Å². The molecule has 0 aliphatic carbocycles. The number of carbonyl (C=O) groups excluding carboxylic acids is 1. The van der Waals surface area contributed by atoms with Crippen LogP contribution in [0.25, 0.3) is 0 Å². The van der Waals surface area contributed by atoms with E-state index < -0.39 is 34.2 Å². The van der Waals surface area contributed by atoms with Gasteiger partial charge in [0.2, 0.25) is 5.91 Å². The first-order valence-corrected chi connectivity index (χ1v) is 11.2. The Labute approximate surface area is 193 Å². The van der Waals surface area contributed by atoms with E-state index in [0.717, 1.165) is 12.1 Å². The number of ether oxygens (including phenoxy) is 1. The summed E-state index contributed by atoms with van der Waals surface area (Å²) in [6, 6.07) is 15.3. The number of methoxy groups -OCH3 is 1.